The lowest BCUT2D eigenvalue weighted by Crippen LogP contribution is -2.28. The molecular formula is C17H24N4OS. The van der Waals surface area contributed by atoms with Gasteiger partial charge in [0.05, 0.1) is 12.3 Å². The molecule has 0 unspecified atom stereocenters. The standard InChI is InChI=1S/C17H24N4OS/c1-5-21-13(4)16(12(3)20-21)11-18-17(23)19-14-7-9-15(10-8-14)22-6-2/h7-10H,5-6,11H2,1-4H3,(H2,18,19,23). The third-order valence-corrected chi connectivity index (χ3v) is 3.93. The number of hydrogen-bond acceptors (Lipinski definition) is 3. The zero-order chi connectivity index (χ0) is 16.8. The third-order valence-electron chi connectivity index (χ3n) is 3.68. The number of aromatic nitrogens is 2. The lowest BCUT2D eigenvalue weighted by atomic mass is 10.2. The van der Waals surface area contributed by atoms with Crippen LogP contribution in [0.4, 0.5) is 5.69 Å². The van der Waals surface area contributed by atoms with E-state index in [4.69, 9.17) is 17.0 Å². The second kappa shape index (κ2) is 7.97. The Balaban J connectivity index is 1.91. The molecule has 5 nitrogen and oxygen atoms in total. The summed E-state index contributed by atoms with van der Waals surface area (Å²) in [5.74, 6) is 0.857. The molecule has 6 heteroatoms. The van der Waals surface area contributed by atoms with E-state index in [1.807, 2.05) is 42.8 Å². The molecule has 0 saturated carbocycles. The van der Waals surface area contributed by atoms with Crippen molar-refractivity contribution in [3.05, 3.63) is 41.2 Å². The molecule has 0 aliphatic rings. The number of rotatable bonds is 6. The second-order valence-electron chi connectivity index (χ2n) is 5.23. The summed E-state index contributed by atoms with van der Waals surface area (Å²) >= 11 is 5.36. The molecule has 1 aromatic heterocycles. The van der Waals surface area contributed by atoms with Gasteiger partial charge in [0, 0.05) is 30.0 Å². The van der Waals surface area contributed by atoms with Gasteiger partial charge in [0.25, 0.3) is 0 Å². The topological polar surface area (TPSA) is 51.1 Å². The van der Waals surface area contributed by atoms with Gasteiger partial charge in [-0.25, -0.2) is 0 Å². The lowest BCUT2D eigenvalue weighted by molar-refractivity contribution is 0.340. The van der Waals surface area contributed by atoms with Gasteiger partial charge in [-0.3, -0.25) is 4.68 Å². The van der Waals surface area contributed by atoms with Gasteiger partial charge in [-0.1, -0.05) is 0 Å². The van der Waals surface area contributed by atoms with Gasteiger partial charge in [-0.05, 0) is 64.2 Å². The van der Waals surface area contributed by atoms with Crippen LogP contribution >= 0.6 is 12.2 Å². The van der Waals surface area contributed by atoms with Crippen molar-refractivity contribution in [3.63, 3.8) is 0 Å². The van der Waals surface area contributed by atoms with Crippen molar-refractivity contribution >= 4 is 23.0 Å². The minimum Gasteiger partial charge on any atom is -0.494 e. The number of ether oxygens (including phenoxy) is 1. The van der Waals surface area contributed by atoms with Crippen molar-refractivity contribution in [2.75, 3.05) is 11.9 Å². The fourth-order valence-electron chi connectivity index (χ4n) is 2.44. The van der Waals surface area contributed by atoms with Crippen LogP contribution in [0.1, 0.15) is 30.8 Å². The first-order chi connectivity index (χ1) is 11.0. The molecule has 0 aliphatic heterocycles. The first kappa shape index (κ1) is 17.3. The van der Waals surface area contributed by atoms with Gasteiger partial charge >= 0.3 is 0 Å². The Morgan fingerprint density at radius 3 is 2.48 bits per heavy atom. The highest BCUT2D eigenvalue weighted by atomic mass is 32.1. The molecule has 23 heavy (non-hydrogen) atoms. The van der Waals surface area contributed by atoms with E-state index in [0.29, 0.717) is 18.3 Å². The summed E-state index contributed by atoms with van der Waals surface area (Å²) in [5.41, 5.74) is 4.36. The summed E-state index contributed by atoms with van der Waals surface area (Å²) in [7, 11) is 0. The highest BCUT2D eigenvalue weighted by Gasteiger charge is 2.10. The van der Waals surface area contributed by atoms with E-state index in [1.165, 1.54) is 11.3 Å². The summed E-state index contributed by atoms with van der Waals surface area (Å²) in [6.45, 7) is 10.4. The Kier molecular flexibility index (Phi) is 5.98. The minimum atomic E-state index is 0.595. The normalized spacial score (nSPS) is 10.4. The maximum atomic E-state index is 5.42. The van der Waals surface area contributed by atoms with Gasteiger partial charge in [0.15, 0.2) is 5.11 Å². The van der Waals surface area contributed by atoms with E-state index in [0.717, 1.165) is 23.7 Å². The average Bonchev–Trinajstić information content (AvgIpc) is 2.81. The van der Waals surface area contributed by atoms with Gasteiger partial charge in [0.2, 0.25) is 0 Å². The van der Waals surface area contributed by atoms with Crippen LogP contribution in [-0.4, -0.2) is 21.5 Å². The molecule has 0 saturated heterocycles. The maximum absolute atomic E-state index is 5.42. The van der Waals surface area contributed by atoms with Crippen molar-refractivity contribution in [2.45, 2.75) is 40.8 Å². The molecule has 0 radical (unpaired) electrons. The molecule has 1 heterocycles. The van der Waals surface area contributed by atoms with Gasteiger partial charge in [-0.15, -0.1) is 0 Å². The summed E-state index contributed by atoms with van der Waals surface area (Å²) < 4.78 is 7.43. The SMILES string of the molecule is CCOc1ccc(NC(=S)NCc2c(C)nn(CC)c2C)cc1. The van der Waals surface area contributed by atoms with Crippen LogP contribution < -0.4 is 15.4 Å². The molecule has 0 atom stereocenters. The molecule has 2 aromatic rings. The van der Waals surface area contributed by atoms with Crippen molar-refractivity contribution in [2.24, 2.45) is 0 Å². The number of nitrogens with one attached hydrogen (secondary N) is 2. The highest BCUT2D eigenvalue weighted by molar-refractivity contribution is 7.80. The number of hydrogen-bond donors (Lipinski definition) is 2. The molecule has 0 spiro atoms. The summed E-state index contributed by atoms with van der Waals surface area (Å²) in [6, 6.07) is 7.75. The summed E-state index contributed by atoms with van der Waals surface area (Å²) in [4.78, 5) is 0. The van der Waals surface area contributed by atoms with E-state index < -0.39 is 0 Å². The first-order valence-corrected chi connectivity index (χ1v) is 8.26. The minimum absolute atomic E-state index is 0.595. The van der Waals surface area contributed by atoms with Crippen LogP contribution in [0.3, 0.4) is 0 Å². The van der Waals surface area contributed by atoms with E-state index in [1.54, 1.807) is 0 Å². The molecule has 0 amide bonds. The Hall–Kier alpha value is -2.08. The quantitative estimate of drug-likeness (QED) is 0.794. The Morgan fingerprint density at radius 2 is 1.91 bits per heavy atom. The second-order valence-corrected chi connectivity index (χ2v) is 5.64. The number of benzene rings is 1. The number of thiocarbonyl (C=S) groups is 1. The van der Waals surface area contributed by atoms with Crippen molar-refractivity contribution in [1.29, 1.82) is 0 Å². The van der Waals surface area contributed by atoms with Crippen LogP contribution in [0, 0.1) is 13.8 Å². The highest BCUT2D eigenvalue weighted by Crippen LogP contribution is 2.16. The summed E-state index contributed by atoms with van der Waals surface area (Å²) in [6.07, 6.45) is 0. The van der Waals surface area contributed by atoms with Crippen LogP contribution in [0.2, 0.25) is 0 Å². The predicted octanol–water partition coefficient (Wildman–Crippen LogP) is 3.41. The van der Waals surface area contributed by atoms with E-state index in [9.17, 15) is 0 Å². The fourth-order valence-corrected chi connectivity index (χ4v) is 2.63. The molecule has 2 rings (SSSR count). The zero-order valence-electron chi connectivity index (χ0n) is 14.1. The van der Waals surface area contributed by atoms with E-state index >= 15 is 0 Å². The molecule has 0 bridgehead atoms. The maximum Gasteiger partial charge on any atom is 0.171 e. The fraction of sp³-hybridized carbons (Fsp3) is 0.412. The van der Waals surface area contributed by atoms with Gasteiger partial charge < -0.3 is 15.4 Å². The van der Waals surface area contributed by atoms with Crippen molar-refractivity contribution in [1.82, 2.24) is 15.1 Å². The Labute approximate surface area is 143 Å². The molecule has 124 valence electrons. The smallest absolute Gasteiger partial charge is 0.171 e. The van der Waals surface area contributed by atoms with E-state index in [-0.39, 0.29) is 0 Å². The third kappa shape index (κ3) is 4.45. The van der Waals surface area contributed by atoms with E-state index in [2.05, 4.69) is 29.6 Å². The molecule has 2 N–H and O–H groups in total. The first-order valence-electron chi connectivity index (χ1n) is 7.85. The lowest BCUT2D eigenvalue weighted by Gasteiger charge is -2.11. The van der Waals surface area contributed by atoms with Gasteiger partial charge in [-0.2, -0.15) is 5.10 Å². The van der Waals surface area contributed by atoms with Crippen LogP contribution in [0.5, 0.6) is 5.75 Å². The van der Waals surface area contributed by atoms with Crippen LogP contribution in [0.25, 0.3) is 0 Å². The summed E-state index contributed by atoms with van der Waals surface area (Å²) in [5, 5.41) is 11.5. The zero-order valence-corrected chi connectivity index (χ0v) is 15.0. The molecule has 0 fully saturated rings. The number of aryl methyl sites for hydroxylation is 2. The molecule has 1 aromatic carbocycles. The van der Waals surface area contributed by atoms with Crippen molar-refractivity contribution in [3.8, 4) is 5.75 Å². The van der Waals surface area contributed by atoms with Crippen LogP contribution in [-0.2, 0) is 13.1 Å². The molecular weight excluding hydrogens is 308 g/mol. The Morgan fingerprint density at radius 1 is 1.22 bits per heavy atom. The van der Waals surface area contributed by atoms with Crippen LogP contribution in [0.15, 0.2) is 24.3 Å². The van der Waals surface area contributed by atoms with Gasteiger partial charge in [0.1, 0.15) is 5.75 Å². The monoisotopic (exact) mass is 332 g/mol. The number of nitrogens with zero attached hydrogens (tertiary/aromatic N) is 2. The predicted molar refractivity (Wildman–Crippen MR) is 98.0 cm³/mol. The molecule has 0 aliphatic carbocycles. The average molecular weight is 332 g/mol. The van der Waals surface area contributed by atoms with Crippen molar-refractivity contribution < 1.29 is 4.74 Å². The number of anilines is 1. The largest absolute Gasteiger partial charge is 0.494 e. The Bertz CT molecular complexity index is 664.